The van der Waals surface area contributed by atoms with Gasteiger partial charge in [-0.3, -0.25) is 9.78 Å². The maximum Gasteiger partial charge on any atom is 0.573 e. The standard InChI is InChI=1S/C27H18F4N4O4/c28-21-12-32-6-5-18(21)15-7-16(9-17(8-15)38-27(29,30)31)26-34-25(35-39-26)14-2-4-22-20(10-14)19-3-1-13(11-23(36)37)24(19)33-22/h2,4-10,12-13,33H,1,3,11H2,(H,36,37). The first kappa shape index (κ1) is 24.6. The molecule has 6 rings (SSSR count). The molecule has 39 heavy (non-hydrogen) atoms. The van der Waals surface area contributed by atoms with E-state index in [0.29, 0.717) is 5.56 Å². The second kappa shape index (κ2) is 9.22. The molecule has 5 aromatic rings. The fourth-order valence-corrected chi connectivity index (χ4v) is 5.04. The zero-order valence-corrected chi connectivity index (χ0v) is 19.9. The molecular weight excluding hydrogens is 520 g/mol. The zero-order valence-electron chi connectivity index (χ0n) is 19.9. The Balaban J connectivity index is 1.38. The summed E-state index contributed by atoms with van der Waals surface area (Å²) in [4.78, 5) is 22.6. The molecule has 3 aromatic heterocycles. The van der Waals surface area contributed by atoms with Crippen LogP contribution in [0.1, 0.15) is 30.0 Å². The highest BCUT2D eigenvalue weighted by Crippen LogP contribution is 2.41. The minimum Gasteiger partial charge on any atom is -0.481 e. The van der Waals surface area contributed by atoms with Gasteiger partial charge in [0.05, 0.1) is 12.6 Å². The molecule has 1 aliphatic carbocycles. The molecule has 1 unspecified atom stereocenters. The number of hydrogen-bond donors (Lipinski definition) is 2. The van der Waals surface area contributed by atoms with Gasteiger partial charge in [-0.25, -0.2) is 4.39 Å². The summed E-state index contributed by atoms with van der Waals surface area (Å²) < 4.78 is 62.9. The maximum absolute atomic E-state index is 14.4. The van der Waals surface area contributed by atoms with Gasteiger partial charge in [-0.2, -0.15) is 4.98 Å². The normalized spacial score (nSPS) is 15.0. The van der Waals surface area contributed by atoms with Crippen molar-refractivity contribution in [3.8, 4) is 39.7 Å². The summed E-state index contributed by atoms with van der Waals surface area (Å²) in [5, 5.41) is 14.1. The summed E-state index contributed by atoms with van der Waals surface area (Å²) in [5.74, 6) is -2.14. The van der Waals surface area contributed by atoms with E-state index in [2.05, 4.69) is 24.8 Å². The molecule has 0 saturated carbocycles. The minimum absolute atomic E-state index is 0.0200. The van der Waals surface area contributed by atoms with Crippen LogP contribution in [0, 0.1) is 5.82 Å². The van der Waals surface area contributed by atoms with Gasteiger partial charge in [0.1, 0.15) is 11.6 Å². The van der Waals surface area contributed by atoms with Crippen molar-refractivity contribution in [3.63, 3.8) is 0 Å². The van der Waals surface area contributed by atoms with Crippen molar-refractivity contribution < 1.29 is 36.7 Å². The molecule has 0 bridgehead atoms. The van der Waals surface area contributed by atoms with Crippen LogP contribution < -0.4 is 4.74 Å². The highest BCUT2D eigenvalue weighted by atomic mass is 19.4. The number of nitrogens with zero attached hydrogens (tertiary/aromatic N) is 3. The number of carboxylic acid groups (broad SMARTS) is 1. The van der Waals surface area contributed by atoms with E-state index in [1.807, 2.05) is 12.1 Å². The van der Waals surface area contributed by atoms with Gasteiger partial charge in [-0.15, -0.1) is 13.2 Å². The summed E-state index contributed by atoms with van der Waals surface area (Å²) in [6.45, 7) is 0. The number of pyridine rings is 1. The topological polar surface area (TPSA) is 114 Å². The van der Waals surface area contributed by atoms with Gasteiger partial charge in [-0.1, -0.05) is 5.16 Å². The third-order valence-corrected chi connectivity index (χ3v) is 6.67. The number of alkyl halides is 3. The number of aromatic nitrogens is 4. The first-order valence-electron chi connectivity index (χ1n) is 11.9. The fraction of sp³-hybridized carbons (Fsp3) is 0.185. The summed E-state index contributed by atoms with van der Waals surface area (Å²) in [6.07, 6.45) is -1.19. The van der Waals surface area contributed by atoms with Crippen molar-refractivity contribution in [2.75, 3.05) is 0 Å². The number of hydrogen-bond acceptors (Lipinski definition) is 6. The Hall–Kier alpha value is -4.74. The van der Waals surface area contributed by atoms with E-state index in [9.17, 15) is 27.5 Å². The van der Waals surface area contributed by atoms with Crippen molar-refractivity contribution in [1.29, 1.82) is 0 Å². The number of carboxylic acids is 1. The van der Waals surface area contributed by atoms with Gasteiger partial charge in [0.25, 0.3) is 5.89 Å². The van der Waals surface area contributed by atoms with Crippen molar-refractivity contribution in [3.05, 3.63) is 71.9 Å². The number of fused-ring (bicyclic) bond motifs is 3. The highest BCUT2D eigenvalue weighted by Gasteiger charge is 2.32. The van der Waals surface area contributed by atoms with E-state index >= 15 is 0 Å². The van der Waals surface area contributed by atoms with Crippen molar-refractivity contribution >= 4 is 16.9 Å². The predicted octanol–water partition coefficient (Wildman–Crippen LogP) is 6.49. The molecule has 8 nitrogen and oxygen atoms in total. The van der Waals surface area contributed by atoms with E-state index in [1.54, 1.807) is 6.07 Å². The van der Waals surface area contributed by atoms with Gasteiger partial charge in [0.2, 0.25) is 5.82 Å². The Morgan fingerprint density at radius 1 is 1.13 bits per heavy atom. The fourth-order valence-electron chi connectivity index (χ4n) is 5.04. The number of H-pyrrole nitrogens is 1. The van der Waals surface area contributed by atoms with Crippen molar-refractivity contribution in [2.24, 2.45) is 0 Å². The van der Waals surface area contributed by atoms with Crippen LogP contribution in [0.15, 0.2) is 59.4 Å². The number of aryl methyl sites for hydroxylation is 1. The molecule has 3 heterocycles. The summed E-state index contributed by atoms with van der Waals surface area (Å²) in [5.41, 5.74) is 3.63. The van der Waals surface area contributed by atoms with Crippen LogP contribution in [-0.4, -0.2) is 37.5 Å². The summed E-state index contributed by atoms with van der Waals surface area (Å²) in [6, 6.07) is 10.3. The van der Waals surface area contributed by atoms with Crippen LogP contribution in [0.4, 0.5) is 17.6 Å². The van der Waals surface area contributed by atoms with Crippen molar-refractivity contribution in [2.45, 2.75) is 31.5 Å². The van der Waals surface area contributed by atoms with Crippen LogP contribution >= 0.6 is 0 Å². The smallest absolute Gasteiger partial charge is 0.481 e. The van der Waals surface area contributed by atoms with Gasteiger partial charge in [0.15, 0.2) is 0 Å². The maximum atomic E-state index is 14.4. The monoisotopic (exact) mass is 538 g/mol. The van der Waals surface area contributed by atoms with Crippen molar-refractivity contribution in [1.82, 2.24) is 20.1 Å². The lowest BCUT2D eigenvalue weighted by Gasteiger charge is -2.12. The third kappa shape index (κ3) is 4.80. The minimum atomic E-state index is -4.97. The lowest BCUT2D eigenvalue weighted by Crippen LogP contribution is -2.17. The van der Waals surface area contributed by atoms with E-state index < -0.39 is 23.9 Å². The Morgan fingerprint density at radius 2 is 1.95 bits per heavy atom. The third-order valence-electron chi connectivity index (χ3n) is 6.67. The number of benzene rings is 2. The van der Waals surface area contributed by atoms with Gasteiger partial charge >= 0.3 is 12.3 Å². The van der Waals surface area contributed by atoms with Crippen LogP contribution in [0.25, 0.3) is 44.9 Å². The number of aliphatic carboxylic acids is 1. The number of ether oxygens (including phenoxy) is 1. The average Bonchev–Trinajstić information content (AvgIpc) is 3.59. The Kier molecular flexibility index (Phi) is 5.82. The molecule has 0 aliphatic heterocycles. The number of carbonyl (C=O) groups is 1. The largest absolute Gasteiger partial charge is 0.573 e. The van der Waals surface area contributed by atoms with E-state index in [4.69, 9.17) is 4.52 Å². The van der Waals surface area contributed by atoms with E-state index in [1.165, 1.54) is 18.3 Å². The molecule has 2 aromatic carbocycles. The van der Waals surface area contributed by atoms with Crippen LogP contribution in [0.5, 0.6) is 5.75 Å². The second-order valence-electron chi connectivity index (χ2n) is 9.18. The zero-order chi connectivity index (χ0) is 27.3. The molecule has 0 saturated heterocycles. The van der Waals surface area contributed by atoms with Gasteiger partial charge < -0.3 is 19.4 Å². The Labute approximate surface area is 217 Å². The lowest BCUT2D eigenvalue weighted by atomic mass is 10.0. The van der Waals surface area contributed by atoms with Crippen LogP contribution in [0.3, 0.4) is 0 Å². The van der Waals surface area contributed by atoms with E-state index in [0.717, 1.165) is 53.3 Å². The van der Waals surface area contributed by atoms with Crippen LogP contribution in [0.2, 0.25) is 0 Å². The number of aromatic amines is 1. The quantitative estimate of drug-likeness (QED) is 0.238. The van der Waals surface area contributed by atoms with Gasteiger partial charge in [0, 0.05) is 45.4 Å². The van der Waals surface area contributed by atoms with Gasteiger partial charge in [-0.05, 0) is 66.4 Å². The molecule has 0 spiro atoms. The Bertz CT molecular complexity index is 1730. The molecular formula is C27H18F4N4O4. The highest BCUT2D eigenvalue weighted by molar-refractivity contribution is 5.89. The van der Waals surface area contributed by atoms with Crippen LogP contribution in [-0.2, 0) is 11.2 Å². The molecule has 1 aliphatic rings. The molecule has 0 radical (unpaired) electrons. The SMILES string of the molecule is O=C(O)CC1CCc2c1[nH]c1ccc(-c3noc(-c4cc(OC(F)(F)F)cc(-c5ccncc5F)c4)n3)cc21. The first-order valence-corrected chi connectivity index (χ1v) is 11.9. The lowest BCUT2D eigenvalue weighted by molar-refractivity contribution is -0.274. The van der Waals surface area contributed by atoms with E-state index in [-0.39, 0.29) is 40.7 Å². The Morgan fingerprint density at radius 3 is 2.72 bits per heavy atom. The summed E-state index contributed by atoms with van der Waals surface area (Å²) >= 11 is 0. The second-order valence-corrected chi connectivity index (χ2v) is 9.18. The molecule has 2 N–H and O–H groups in total. The molecule has 198 valence electrons. The predicted molar refractivity (Wildman–Crippen MR) is 130 cm³/mol. The molecule has 12 heteroatoms. The number of nitrogens with one attached hydrogen (secondary N) is 1. The number of halogens is 4. The molecule has 0 amide bonds. The molecule has 0 fully saturated rings. The first-order chi connectivity index (χ1) is 18.6. The number of rotatable bonds is 6. The summed E-state index contributed by atoms with van der Waals surface area (Å²) in [7, 11) is 0. The molecule has 1 atom stereocenters. The average molecular weight is 538 g/mol.